The van der Waals surface area contributed by atoms with Crippen LogP contribution in [0.3, 0.4) is 0 Å². The van der Waals surface area contributed by atoms with Crippen molar-refractivity contribution in [3.8, 4) is 0 Å². The Balaban J connectivity index is 1.19. The van der Waals surface area contributed by atoms with E-state index in [-0.39, 0.29) is 0 Å². The summed E-state index contributed by atoms with van der Waals surface area (Å²) in [6, 6.07) is 114. The number of furan rings is 1. The first-order chi connectivity index (χ1) is 38.7. The maximum Gasteiger partial charge on any atom is 0.179 e. The maximum atomic E-state index is 7.58. The minimum absolute atomic E-state index is 0.552. The van der Waals surface area contributed by atoms with Crippen LogP contribution in [0.5, 0.6) is 0 Å². The Bertz CT molecular complexity index is 4350. The van der Waals surface area contributed by atoms with E-state index in [4.69, 9.17) is 9.40 Å². The third-order valence-electron chi connectivity index (χ3n) is 17.1. The molecule has 0 aliphatic carbocycles. The molecular formula is C72H52N2OSi3. The third-order valence-corrected chi connectivity index (χ3v) is 32.5. The number of rotatable bonds is 8. The number of hydrogen-bond donors (Lipinski definition) is 0. The molecule has 368 valence electrons. The number of fused-ring (bicyclic) bond motifs is 9. The molecule has 11 aromatic carbocycles. The highest BCUT2D eigenvalue weighted by molar-refractivity contribution is 7.33. The van der Waals surface area contributed by atoms with Crippen molar-refractivity contribution in [1.29, 1.82) is 0 Å². The summed E-state index contributed by atoms with van der Waals surface area (Å²) in [7, 11) is -10.4. The molecule has 78 heavy (non-hydrogen) atoms. The Morgan fingerprint density at radius 2 is 0.615 bits per heavy atom. The van der Waals surface area contributed by atoms with Gasteiger partial charge in [0.15, 0.2) is 29.8 Å². The molecule has 1 aliphatic heterocycles. The Morgan fingerprint density at radius 3 is 1.00 bits per heavy atom. The molecule has 4 heterocycles. The van der Waals surface area contributed by atoms with Gasteiger partial charge in [0.2, 0.25) is 0 Å². The third kappa shape index (κ3) is 6.64. The van der Waals surface area contributed by atoms with E-state index in [1.807, 2.05) is 6.20 Å². The van der Waals surface area contributed by atoms with Crippen LogP contribution in [0.2, 0.25) is 0 Å². The van der Waals surface area contributed by atoms with Crippen LogP contribution in [0.15, 0.2) is 308 Å². The Labute approximate surface area is 457 Å². The number of hydrogen-bond acceptors (Lipinski definition) is 2. The standard InChI is InChI=1S/C72H52N2OSi3/c1-7-27-52(28-8-1)76(53-29-9-2-10-30-53)66-43-23-25-45-68(66)77(54-31-11-3-12-32-54,55-33-13-4-14-34-55)70-49-61-60-47-48-73-62(51-74-63-41-21-19-39-58(63)59-40-20-22-42-64(59)74)72(60)75-65(61)50-71(70)78(56-35-15-5-16-36-56,57-37-17-6-18-38-57)69-46-26-24-44-67(69)76/h1-50H,51H2. The first kappa shape index (κ1) is 46.1. The highest BCUT2D eigenvalue weighted by atomic mass is 28.3. The molecule has 0 bridgehead atoms. The van der Waals surface area contributed by atoms with Crippen LogP contribution in [-0.4, -0.2) is 33.8 Å². The van der Waals surface area contributed by atoms with Crippen molar-refractivity contribution < 1.29 is 4.42 Å². The summed E-state index contributed by atoms with van der Waals surface area (Å²) in [5.41, 5.74) is 4.95. The zero-order valence-electron chi connectivity index (χ0n) is 42.9. The largest absolute Gasteiger partial charge is 0.454 e. The van der Waals surface area contributed by atoms with Gasteiger partial charge >= 0.3 is 0 Å². The Hall–Kier alpha value is -9.18. The van der Waals surface area contributed by atoms with Gasteiger partial charge in [-0.15, -0.1) is 0 Å². The van der Waals surface area contributed by atoms with Gasteiger partial charge in [-0.25, -0.2) is 0 Å². The molecule has 0 spiro atoms. The SMILES string of the molecule is c1ccc([Si]2(c3ccccc3)c3ccccc3[Si](c3ccccc3)(c3ccccc3)c3cc4oc5c(Cn6c7ccccc7c7ccccc76)nccc5c4cc3[Si](c3ccccc3)(c3ccccc3)c3ccccc32)cc1. The van der Waals surface area contributed by atoms with E-state index in [0.717, 1.165) is 27.6 Å². The van der Waals surface area contributed by atoms with Gasteiger partial charge in [0.25, 0.3) is 0 Å². The molecule has 0 fully saturated rings. The molecular weight excluding hydrogens is 993 g/mol. The lowest BCUT2D eigenvalue weighted by atomic mass is 10.1. The molecule has 0 saturated heterocycles. The summed E-state index contributed by atoms with van der Waals surface area (Å²) in [6.07, 6.45) is 2.00. The van der Waals surface area contributed by atoms with E-state index in [2.05, 4.69) is 302 Å². The second-order valence-corrected chi connectivity index (χ2v) is 32.0. The van der Waals surface area contributed by atoms with E-state index < -0.39 is 24.2 Å². The summed E-state index contributed by atoms with van der Waals surface area (Å²) >= 11 is 0. The fourth-order valence-electron chi connectivity index (χ4n) is 14.1. The number of nitrogens with zero attached hydrogens (tertiary/aromatic N) is 2. The van der Waals surface area contributed by atoms with Gasteiger partial charge in [0, 0.05) is 38.8 Å². The summed E-state index contributed by atoms with van der Waals surface area (Å²) < 4.78 is 9.99. The second-order valence-electron chi connectivity index (χ2n) is 20.8. The first-order valence-electron chi connectivity index (χ1n) is 27.1. The predicted molar refractivity (Wildman–Crippen MR) is 334 cm³/mol. The van der Waals surface area contributed by atoms with Crippen molar-refractivity contribution >= 4 is 130 Å². The molecule has 0 radical (unpaired) electrons. The second kappa shape index (κ2) is 18.5. The molecule has 3 aromatic heterocycles. The van der Waals surface area contributed by atoms with Gasteiger partial charge < -0.3 is 8.98 Å². The molecule has 3 nitrogen and oxygen atoms in total. The number of benzene rings is 11. The van der Waals surface area contributed by atoms with Crippen LogP contribution in [-0.2, 0) is 6.54 Å². The lowest BCUT2D eigenvalue weighted by molar-refractivity contribution is 0.654. The molecule has 14 aromatic rings. The normalized spacial score (nSPS) is 14.3. The van der Waals surface area contributed by atoms with Crippen molar-refractivity contribution in [2.45, 2.75) is 6.54 Å². The van der Waals surface area contributed by atoms with Gasteiger partial charge in [-0.3, -0.25) is 4.98 Å². The van der Waals surface area contributed by atoms with Crippen LogP contribution >= 0.6 is 0 Å². The van der Waals surface area contributed by atoms with Crippen LogP contribution in [0, 0.1) is 0 Å². The fourth-order valence-corrected chi connectivity index (χ4v) is 32.2. The Kier molecular flexibility index (Phi) is 11.0. The van der Waals surface area contributed by atoms with E-state index in [1.54, 1.807) is 0 Å². The van der Waals surface area contributed by atoms with E-state index >= 15 is 0 Å². The molecule has 6 heteroatoms. The smallest absolute Gasteiger partial charge is 0.179 e. The van der Waals surface area contributed by atoms with Crippen molar-refractivity contribution in [2.24, 2.45) is 0 Å². The summed E-state index contributed by atoms with van der Waals surface area (Å²) in [5.74, 6) is 0. The predicted octanol–water partition coefficient (Wildman–Crippen LogP) is 8.58. The highest BCUT2D eigenvalue weighted by Crippen LogP contribution is 2.34. The minimum Gasteiger partial charge on any atom is -0.454 e. The van der Waals surface area contributed by atoms with Crippen LogP contribution in [0.4, 0.5) is 0 Å². The molecule has 0 saturated carbocycles. The van der Waals surface area contributed by atoms with Gasteiger partial charge in [0.1, 0.15) is 11.3 Å². The number of pyridine rings is 1. The average molecular weight is 1050 g/mol. The van der Waals surface area contributed by atoms with Gasteiger partial charge in [0.05, 0.1) is 6.54 Å². The van der Waals surface area contributed by atoms with Gasteiger partial charge in [-0.1, -0.05) is 273 Å². The van der Waals surface area contributed by atoms with Crippen LogP contribution in [0.25, 0.3) is 43.7 Å². The quantitative estimate of drug-likeness (QED) is 0.143. The minimum atomic E-state index is -3.54. The van der Waals surface area contributed by atoms with Gasteiger partial charge in [-0.05, 0) is 86.5 Å². The Morgan fingerprint density at radius 1 is 0.295 bits per heavy atom. The molecule has 0 amide bonds. The summed E-state index contributed by atoms with van der Waals surface area (Å²) in [6.45, 7) is 0.552. The van der Waals surface area contributed by atoms with E-state index in [0.29, 0.717) is 6.54 Å². The van der Waals surface area contributed by atoms with Gasteiger partial charge in [-0.2, -0.15) is 0 Å². The summed E-state index contributed by atoms with van der Waals surface area (Å²) in [5, 5.41) is 21.0. The topological polar surface area (TPSA) is 31.0 Å². The van der Waals surface area contributed by atoms with Crippen molar-refractivity contribution in [2.75, 3.05) is 0 Å². The highest BCUT2D eigenvalue weighted by Gasteiger charge is 2.57. The average Bonchev–Trinajstić information content (AvgIpc) is 4.23. The fraction of sp³-hybridized carbons (Fsp3) is 0.0139. The summed E-state index contributed by atoms with van der Waals surface area (Å²) in [4.78, 5) is 5.22. The van der Waals surface area contributed by atoms with Crippen molar-refractivity contribution in [1.82, 2.24) is 9.55 Å². The zero-order chi connectivity index (χ0) is 51.7. The molecule has 0 atom stereocenters. The molecule has 15 rings (SSSR count). The zero-order valence-corrected chi connectivity index (χ0v) is 45.9. The van der Waals surface area contributed by atoms with Crippen molar-refractivity contribution in [3.05, 3.63) is 309 Å². The van der Waals surface area contributed by atoms with E-state index in [9.17, 15) is 0 Å². The van der Waals surface area contributed by atoms with Crippen molar-refractivity contribution in [3.63, 3.8) is 0 Å². The maximum absolute atomic E-state index is 7.58. The molecule has 0 unspecified atom stereocenters. The van der Waals surface area contributed by atoms with Crippen LogP contribution < -0.4 is 62.2 Å². The number of para-hydroxylation sites is 2. The lowest BCUT2D eigenvalue weighted by Gasteiger charge is -2.41. The lowest BCUT2D eigenvalue weighted by Crippen LogP contribution is -2.85. The molecule has 0 N–H and O–H groups in total. The monoisotopic (exact) mass is 1040 g/mol. The number of aromatic nitrogens is 2. The molecule has 1 aliphatic rings. The first-order valence-corrected chi connectivity index (χ1v) is 33.1. The van der Waals surface area contributed by atoms with Crippen LogP contribution in [0.1, 0.15) is 5.69 Å². The van der Waals surface area contributed by atoms with E-state index in [1.165, 1.54) is 84.0 Å².